The maximum absolute atomic E-state index is 12.6. The van der Waals surface area contributed by atoms with Crippen molar-refractivity contribution in [3.8, 4) is 0 Å². The molecule has 6 heteroatoms. The van der Waals surface area contributed by atoms with Gasteiger partial charge in [0.25, 0.3) is 0 Å². The molecule has 1 saturated carbocycles. The Hall–Kier alpha value is -1.46. The lowest BCUT2D eigenvalue weighted by molar-refractivity contribution is -0.137. The molecule has 0 aliphatic heterocycles. The fourth-order valence-electron chi connectivity index (χ4n) is 2.27. The number of nitrogens with two attached hydrogens (primary N) is 1. The van der Waals surface area contributed by atoms with Gasteiger partial charge in [-0.25, -0.2) is 4.98 Å². The Bertz CT molecular complexity index is 412. The van der Waals surface area contributed by atoms with E-state index in [2.05, 4.69) is 10.3 Å². The van der Waals surface area contributed by atoms with Gasteiger partial charge in [0, 0.05) is 6.54 Å². The molecular weight excluding hydrogens is 243 g/mol. The van der Waals surface area contributed by atoms with Gasteiger partial charge >= 0.3 is 6.18 Å². The van der Waals surface area contributed by atoms with E-state index in [1.807, 2.05) is 0 Å². The minimum Gasteiger partial charge on any atom is -0.384 e. The highest BCUT2D eigenvalue weighted by molar-refractivity contribution is 5.47. The van der Waals surface area contributed by atoms with Crippen molar-refractivity contribution >= 4 is 11.6 Å². The normalized spacial score (nSPS) is 17.1. The van der Waals surface area contributed by atoms with Crippen LogP contribution in [0, 0.1) is 5.92 Å². The third-order valence-corrected chi connectivity index (χ3v) is 3.22. The molecule has 3 nitrogen and oxygen atoms in total. The molecule has 18 heavy (non-hydrogen) atoms. The molecule has 0 spiro atoms. The number of anilines is 2. The van der Waals surface area contributed by atoms with Gasteiger partial charge in [0.15, 0.2) is 0 Å². The second-order valence-electron chi connectivity index (χ2n) is 4.70. The number of halogens is 3. The topological polar surface area (TPSA) is 50.9 Å². The molecule has 1 aromatic rings. The van der Waals surface area contributed by atoms with Crippen LogP contribution in [0.25, 0.3) is 0 Å². The summed E-state index contributed by atoms with van der Waals surface area (Å²) < 4.78 is 37.7. The number of nitrogens with zero attached hydrogens (tertiary/aromatic N) is 1. The van der Waals surface area contributed by atoms with Gasteiger partial charge in [-0.3, -0.25) is 0 Å². The molecule has 1 aliphatic rings. The molecule has 0 bridgehead atoms. The van der Waals surface area contributed by atoms with Crippen molar-refractivity contribution < 1.29 is 13.2 Å². The maximum Gasteiger partial charge on any atom is 0.416 e. The first-order chi connectivity index (χ1) is 8.45. The van der Waals surface area contributed by atoms with Gasteiger partial charge in [-0.15, -0.1) is 0 Å². The van der Waals surface area contributed by atoms with Crippen molar-refractivity contribution in [3.63, 3.8) is 0 Å². The average Bonchev–Trinajstić information content (AvgIpc) is 2.77. The standard InChI is InChI=1S/C12H16F3N3/c13-12(14,15)9-5-10(16)18-11(6-9)17-7-8-3-1-2-4-8/h5-6,8H,1-4,7H2,(H3,16,17,18). The van der Waals surface area contributed by atoms with Crippen LogP contribution in [-0.2, 0) is 6.18 Å². The minimum absolute atomic E-state index is 0.112. The molecule has 0 saturated heterocycles. The van der Waals surface area contributed by atoms with E-state index in [-0.39, 0.29) is 11.6 Å². The fourth-order valence-corrected chi connectivity index (χ4v) is 2.27. The largest absolute Gasteiger partial charge is 0.416 e. The predicted molar refractivity (Wildman–Crippen MR) is 64.1 cm³/mol. The highest BCUT2D eigenvalue weighted by Crippen LogP contribution is 2.32. The molecule has 0 amide bonds. The van der Waals surface area contributed by atoms with Gasteiger partial charge in [0.1, 0.15) is 11.6 Å². The molecule has 1 fully saturated rings. The Morgan fingerprint density at radius 2 is 1.94 bits per heavy atom. The second kappa shape index (κ2) is 5.04. The number of alkyl halides is 3. The number of pyridine rings is 1. The Balaban J connectivity index is 2.05. The van der Waals surface area contributed by atoms with Crippen LogP contribution in [0.4, 0.5) is 24.8 Å². The molecule has 1 heterocycles. The van der Waals surface area contributed by atoms with Gasteiger partial charge < -0.3 is 11.1 Å². The lowest BCUT2D eigenvalue weighted by Gasteiger charge is -2.13. The molecule has 0 radical (unpaired) electrons. The number of nitrogen functional groups attached to an aromatic ring is 1. The second-order valence-corrected chi connectivity index (χ2v) is 4.70. The van der Waals surface area contributed by atoms with Crippen LogP contribution in [0.2, 0.25) is 0 Å². The summed E-state index contributed by atoms with van der Waals surface area (Å²) >= 11 is 0. The quantitative estimate of drug-likeness (QED) is 0.875. The van der Waals surface area contributed by atoms with E-state index in [1.165, 1.54) is 12.8 Å². The van der Waals surface area contributed by atoms with E-state index in [0.717, 1.165) is 25.0 Å². The van der Waals surface area contributed by atoms with Crippen molar-refractivity contribution in [2.24, 2.45) is 5.92 Å². The van der Waals surface area contributed by atoms with Crippen LogP contribution < -0.4 is 11.1 Å². The van der Waals surface area contributed by atoms with Gasteiger partial charge in [-0.2, -0.15) is 13.2 Å². The molecule has 1 aromatic heterocycles. The summed E-state index contributed by atoms with van der Waals surface area (Å²) in [5.74, 6) is 0.621. The summed E-state index contributed by atoms with van der Waals surface area (Å²) in [7, 11) is 0. The SMILES string of the molecule is Nc1cc(C(F)(F)F)cc(NCC2CCCC2)n1. The molecule has 2 rings (SSSR count). The molecule has 0 atom stereocenters. The van der Waals surface area contributed by atoms with Crippen molar-refractivity contribution in [2.45, 2.75) is 31.9 Å². The third-order valence-electron chi connectivity index (χ3n) is 3.22. The van der Waals surface area contributed by atoms with E-state index in [0.29, 0.717) is 12.5 Å². The van der Waals surface area contributed by atoms with Crippen LogP contribution in [0.15, 0.2) is 12.1 Å². The summed E-state index contributed by atoms with van der Waals surface area (Å²) in [6, 6.07) is 1.85. The van der Waals surface area contributed by atoms with E-state index < -0.39 is 11.7 Å². The Kier molecular flexibility index (Phi) is 3.63. The fraction of sp³-hybridized carbons (Fsp3) is 0.583. The Morgan fingerprint density at radius 1 is 1.28 bits per heavy atom. The summed E-state index contributed by atoms with van der Waals surface area (Å²) in [5.41, 5.74) is 4.63. The van der Waals surface area contributed by atoms with Crippen LogP contribution in [0.3, 0.4) is 0 Å². The van der Waals surface area contributed by atoms with E-state index in [9.17, 15) is 13.2 Å². The van der Waals surface area contributed by atoms with Gasteiger partial charge in [-0.05, 0) is 30.9 Å². The van der Waals surface area contributed by atoms with Crippen LogP contribution >= 0.6 is 0 Å². The monoisotopic (exact) mass is 259 g/mol. The molecule has 0 unspecified atom stereocenters. The number of hydrogen-bond donors (Lipinski definition) is 2. The zero-order chi connectivity index (χ0) is 13.2. The Morgan fingerprint density at radius 3 is 2.56 bits per heavy atom. The van der Waals surface area contributed by atoms with Gasteiger partial charge in [0.05, 0.1) is 5.56 Å². The summed E-state index contributed by atoms with van der Waals surface area (Å²) in [6.07, 6.45) is 0.263. The maximum atomic E-state index is 12.6. The number of hydrogen-bond acceptors (Lipinski definition) is 3. The highest BCUT2D eigenvalue weighted by atomic mass is 19.4. The third kappa shape index (κ3) is 3.27. The first-order valence-electron chi connectivity index (χ1n) is 6.04. The Labute approximate surface area is 104 Å². The zero-order valence-corrected chi connectivity index (χ0v) is 9.93. The number of rotatable bonds is 3. The lowest BCUT2D eigenvalue weighted by atomic mass is 10.1. The van der Waals surface area contributed by atoms with Crippen LogP contribution in [-0.4, -0.2) is 11.5 Å². The van der Waals surface area contributed by atoms with Crippen molar-refractivity contribution in [2.75, 3.05) is 17.6 Å². The molecule has 1 aliphatic carbocycles. The first kappa shape index (κ1) is 13.0. The number of nitrogens with one attached hydrogen (secondary N) is 1. The van der Waals surface area contributed by atoms with E-state index in [4.69, 9.17) is 5.73 Å². The predicted octanol–water partition coefficient (Wildman–Crippen LogP) is 3.28. The molecule has 100 valence electrons. The van der Waals surface area contributed by atoms with Gasteiger partial charge in [-0.1, -0.05) is 12.8 Å². The minimum atomic E-state index is -4.39. The van der Waals surface area contributed by atoms with Gasteiger partial charge in [0.2, 0.25) is 0 Å². The van der Waals surface area contributed by atoms with E-state index in [1.54, 1.807) is 0 Å². The average molecular weight is 259 g/mol. The number of aromatic nitrogens is 1. The lowest BCUT2D eigenvalue weighted by Crippen LogP contribution is -2.14. The molecule has 3 N–H and O–H groups in total. The summed E-state index contributed by atoms with van der Waals surface area (Å²) in [6.45, 7) is 0.660. The van der Waals surface area contributed by atoms with Crippen molar-refractivity contribution in [3.05, 3.63) is 17.7 Å². The smallest absolute Gasteiger partial charge is 0.384 e. The highest BCUT2D eigenvalue weighted by Gasteiger charge is 2.31. The van der Waals surface area contributed by atoms with Crippen molar-refractivity contribution in [1.29, 1.82) is 0 Å². The van der Waals surface area contributed by atoms with Crippen LogP contribution in [0.1, 0.15) is 31.2 Å². The van der Waals surface area contributed by atoms with Crippen molar-refractivity contribution in [1.82, 2.24) is 4.98 Å². The van der Waals surface area contributed by atoms with E-state index >= 15 is 0 Å². The molecular formula is C12H16F3N3. The summed E-state index contributed by atoms with van der Waals surface area (Å²) in [5, 5.41) is 2.95. The summed E-state index contributed by atoms with van der Waals surface area (Å²) in [4.78, 5) is 3.87. The zero-order valence-electron chi connectivity index (χ0n) is 9.93. The van der Waals surface area contributed by atoms with Crippen LogP contribution in [0.5, 0.6) is 0 Å². The first-order valence-corrected chi connectivity index (χ1v) is 6.04. The molecule has 0 aromatic carbocycles.